The van der Waals surface area contributed by atoms with Crippen molar-refractivity contribution < 1.29 is 9.63 Å². The lowest BCUT2D eigenvalue weighted by Crippen LogP contribution is -2.16. The summed E-state index contributed by atoms with van der Waals surface area (Å²) in [6.07, 6.45) is 1.82. The van der Waals surface area contributed by atoms with Gasteiger partial charge in [-0.1, -0.05) is 56.3 Å². The number of hydrogen-bond donors (Lipinski definition) is 0. The second-order valence-corrected chi connectivity index (χ2v) is 5.37. The van der Waals surface area contributed by atoms with Crippen LogP contribution in [0.1, 0.15) is 38.3 Å². The van der Waals surface area contributed by atoms with Crippen molar-refractivity contribution in [2.75, 3.05) is 7.11 Å². The summed E-state index contributed by atoms with van der Waals surface area (Å²) < 4.78 is 0. The number of benzene rings is 1. The molecule has 0 saturated heterocycles. The van der Waals surface area contributed by atoms with E-state index in [4.69, 9.17) is 4.84 Å². The molecule has 0 aliphatic rings. The fourth-order valence-electron chi connectivity index (χ4n) is 1.71. The lowest BCUT2D eigenvalue weighted by molar-refractivity contribution is -0.112. The summed E-state index contributed by atoms with van der Waals surface area (Å²) >= 11 is 0. The maximum absolute atomic E-state index is 11.9. The van der Waals surface area contributed by atoms with Crippen LogP contribution in [0.15, 0.2) is 42.1 Å². The molecule has 0 aliphatic carbocycles. The maximum atomic E-state index is 11.9. The van der Waals surface area contributed by atoms with Crippen molar-refractivity contribution in [1.82, 2.24) is 0 Å². The Morgan fingerprint density at radius 1 is 1.32 bits per heavy atom. The van der Waals surface area contributed by atoms with Crippen molar-refractivity contribution in [3.8, 4) is 0 Å². The van der Waals surface area contributed by atoms with Gasteiger partial charge in [-0.15, -0.1) is 6.58 Å². The van der Waals surface area contributed by atoms with E-state index in [1.807, 2.05) is 24.3 Å². The Morgan fingerprint density at radius 3 is 2.32 bits per heavy atom. The molecule has 102 valence electrons. The average Bonchev–Trinajstić information content (AvgIpc) is 2.35. The number of carbonyl (C=O) groups is 1. The zero-order valence-electron chi connectivity index (χ0n) is 12.1. The lowest BCUT2D eigenvalue weighted by Gasteiger charge is -2.19. The Balaban J connectivity index is 3.09. The van der Waals surface area contributed by atoms with Crippen molar-refractivity contribution >= 4 is 11.5 Å². The van der Waals surface area contributed by atoms with Crippen LogP contribution in [0.25, 0.3) is 0 Å². The Labute approximate surface area is 115 Å². The van der Waals surface area contributed by atoms with Crippen LogP contribution < -0.4 is 0 Å². The van der Waals surface area contributed by atoms with Gasteiger partial charge in [0.2, 0.25) is 0 Å². The van der Waals surface area contributed by atoms with E-state index in [0.717, 1.165) is 5.56 Å². The van der Waals surface area contributed by atoms with Gasteiger partial charge >= 0.3 is 0 Å². The molecule has 3 nitrogen and oxygen atoms in total. The van der Waals surface area contributed by atoms with E-state index in [2.05, 4.69) is 32.5 Å². The molecule has 0 bridgehead atoms. The van der Waals surface area contributed by atoms with Crippen molar-refractivity contribution in [1.29, 1.82) is 0 Å². The van der Waals surface area contributed by atoms with Gasteiger partial charge in [-0.3, -0.25) is 4.79 Å². The second kappa shape index (κ2) is 6.32. The van der Waals surface area contributed by atoms with Crippen LogP contribution in [-0.2, 0) is 15.0 Å². The number of ketones is 1. The van der Waals surface area contributed by atoms with Gasteiger partial charge < -0.3 is 4.84 Å². The monoisotopic (exact) mass is 259 g/mol. The molecule has 0 unspecified atom stereocenters. The normalized spacial score (nSPS) is 12.1. The maximum Gasteiger partial charge on any atom is 0.188 e. The van der Waals surface area contributed by atoms with Crippen LogP contribution >= 0.6 is 0 Å². The average molecular weight is 259 g/mol. The van der Waals surface area contributed by atoms with Gasteiger partial charge in [0.15, 0.2) is 11.5 Å². The van der Waals surface area contributed by atoms with Crippen LogP contribution in [0.3, 0.4) is 0 Å². The predicted octanol–water partition coefficient (Wildman–Crippen LogP) is 3.48. The van der Waals surface area contributed by atoms with Crippen LogP contribution in [0.2, 0.25) is 0 Å². The Kier molecular flexibility index (Phi) is 5.04. The molecule has 3 heteroatoms. The van der Waals surface area contributed by atoms with Crippen LogP contribution in [-0.4, -0.2) is 18.6 Å². The largest absolute Gasteiger partial charge is 0.399 e. The van der Waals surface area contributed by atoms with E-state index in [0.29, 0.717) is 5.71 Å². The zero-order valence-corrected chi connectivity index (χ0v) is 12.1. The number of hydrogen-bond acceptors (Lipinski definition) is 3. The molecule has 0 radical (unpaired) electrons. The molecule has 0 spiro atoms. The molecular formula is C16H21NO2. The Bertz CT molecular complexity index is 478. The van der Waals surface area contributed by atoms with E-state index < -0.39 is 0 Å². The highest BCUT2D eigenvalue weighted by Crippen LogP contribution is 2.22. The summed E-state index contributed by atoms with van der Waals surface area (Å²) in [6, 6.07) is 7.84. The first kappa shape index (κ1) is 15.2. The van der Waals surface area contributed by atoms with Gasteiger partial charge in [0.25, 0.3) is 0 Å². The van der Waals surface area contributed by atoms with Crippen molar-refractivity contribution in [2.45, 2.75) is 32.6 Å². The molecule has 0 atom stereocenters. The minimum atomic E-state index is -0.0969. The van der Waals surface area contributed by atoms with E-state index in [9.17, 15) is 4.79 Å². The third-order valence-corrected chi connectivity index (χ3v) is 2.80. The molecule has 0 aliphatic heterocycles. The summed E-state index contributed by atoms with van der Waals surface area (Å²) in [5.74, 6) is -0.0969. The molecule has 0 amide bonds. The van der Waals surface area contributed by atoms with Gasteiger partial charge in [0, 0.05) is 12.0 Å². The van der Waals surface area contributed by atoms with Gasteiger partial charge in [-0.25, -0.2) is 0 Å². The Morgan fingerprint density at radius 2 is 1.89 bits per heavy atom. The summed E-state index contributed by atoms with van der Waals surface area (Å²) in [5, 5.41) is 3.82. The minimum Gasteiger partial charge on any atom is -0.399 e. The number of allylic oxidation sites excluding steroid dienone is 1. The van der Waals surface area contributed by atoms with Gasteiger partial charge in [-0.2, -0.15) is 0 Å². The van der Waals surface area contributed by atoms with Gasteiger partial charge in [0.1, 0.15) is 7.11 Å². The summed E-state index contributed by atoms with van der Waals surface area (Å²) in [6.45, 7) is 10.0. The fourth-order valence-corrected chi connectivity index (χ4v) is 1.71. The van der Waals surface area contributed by atoms with Crippen LogP contribution in [0.5, 0.6) is 0 Å². The Hall–Kier alpha value is -1.90. The van der Waals surface area contributed by atoms with Crippen LogP contribution in [0.4, 0.5) is 0 Å². The van der Waals surface area contributed by atoms with E-state index >= 15 is 0 Å². The fraction of sp³-hybridized carbons (Fsp3) is 0.375. The smallest absolute Gasteiger partial charge is 0.188 e. The third-order valence-electron chi connectivity index (χ3n) is 2.80. The summed E-state index contributed by atoms with van der Waals surface area (Å²) in [7, 11) is 1.44. The van der Waals surface area contributed by atoms with E-state index in [-0.39, 0.29) is 17.6 Å². The topological polar surface area (TPSA) is 38.7 Å². The molecule has 1 rings (SSSR count). The number of rotatable bonds is 5. The van der Waals surface area contributed by atoms with Crippen molar-refractivity contribution in [3.63, 3.8) is 0 Å². The molecule has 0 heterocycles. The van der Waals surface area contributed by atoms with Crippen LogP contribution in [0, 0.1) is 0 Å². The molecule has 0 N–H and O–H groups in total. The number of nitrogens with zero attached hydrogens (tertiary/aromatic N) is 1. The highest BCUT2D eigenvalue weighted by molar-refractivity contribution is 6.46. The molecule has 0 aromatic heterocycles. The lowest BCUT2D eigenvalue weighted by atomic mass is 9.86. The SMILES string of the molecule is C=CCC(=O)C(=NOC)c1ccc(C(C)(C)C)cc1. The first-order valence-corrected chi connectivity index (χ1v) is 6.26. The van der Waals surface area contributed by atoms with E-state index in [1.54, 1.807) is 6.08 Å². The summed E-state index contributed by atoms with van der Waals surface area (Å²) in [5.41, 5.74) is 2.40. The summed E-state index contributed by atoms with van der Waals surface area (Å²) in [4.78, 5) is 16.7. The van der Waals surface area contributed by atoms with Crippen molar-refractivity contribution in [3.05, 3.63) is 48.0 Å². The molecular weight excluding hydrogens is 238 g/mol. The first-order valence-electron chi connectivity index (χ1n) is 6.26. The molecule has 0 fully saturated rings. The highest BCUT2D eigenvalue weighted by Gasteiger charge is 2.16. The molecule has 19 heavy (non-hydrogen) atoms. The first-order chi connectivity index (χ1) is 8.90. The molecule has 0 saturated carbocycles. The number of oxime groups is 1. The number of carbonyl (C=O) groups excluding carboxylic acids is 1. The van der Waals surface area contributed by atoms with Crippen molar-refractivity contribution in [2.24, 2.45) is 5.16 Å². The third kappa shape index (κ3) is 4.05. The quantitative estimate of drug-likeness (QED) is 0.461. The molecule has 1 aromatic rings. The second-order valence-electron chi connectivity index (χ2n) is 5.37. The molecule has 1 aromatic carbocycles. The minimum absolute atomic E-state index is 0.0855. The van der Waals surface area contributed by atoms with E-state index in [1.165, 1.54) is 12.7 Å². The van der Waals surface area contributed by atoms with Gasteiger partial charge in [0.05, 0.1) is 0 Å². The van der Waals surface area contributed by atoms with Gasteiger partial charge in [-0.05, 0) is 11.0 Å². The standard InChI is InChI=1S/C16H21NO2/c1-6-7-14(18)15(17-19-5)12-8-10-13(11-9-12)16(2,3)4/h6,8-11H,1,7H2,2-5H3. The predicted molar refractivity (Wildman–Crippen MR) is 78.5 cm³/mol. The number of Topliss-reactive ketones (excluding diaryl/α,β-unsaturated/α-hetero) is 1. The zero-order chi connectivity index (χ0) is 14.5. The highest BCUT2D eigenvalue weighted by atomic mass is 16.6.